The fraction of sp³-hybridized carbons (Fsp3) is 0.515. The summed E-state index contributed by atoms with van der Waals surface area (Å²) in [5, 5.41) is 0. The van der Waals surface area contributed by atoms with E-state index in [0.29, 0.717) is 11.5 Å². The van der Waals surface area contributed by atoms with E-state index in [4.69, 9.17) is 9.47 Å². The van der Waals surface area contributed by atoms with Crippen LogP contribution in [0.15, 0.2) is 48.6 Å². The Morgan fingerprint density at radius 3 is 1.43 bits per heavy atom. The van der Waals surface area contributed by atoms with Crippen LogP contribution in [0.5, 0.6) is 11.5 Å². The molecule has 4 unspecified atom stereocenters. The normalized spacial score (nSPS) is 21.8. The predicted octanol–water partition coefficient (Wildman–Crippen LogP) is 7.45. The van der Waals surface area contributed by atoms with Gasteiger partial charge in [0.25, 0.3) is 0 Å². The van der Waals surface area contributed by atoms with Crippen LogP contribution in [0.1, 0.15) is 82.1 Å². The molecule has 0 saturated heterocycles. The fourth-order valence-corrected chi connectivity index (χ4v) is 6.31. The Bertz CT molecular complexity index is 1040. The molecule has 0 radical (unpaired) electrons. The van der Waals surface area contributed by atoms with Crippen LogP contribution in [-0.2, 0) is 35.3 Å². The molecular weight excluding hydrogens is 460 g/mol. The zero-order chi connectivity index (χ0) is 26.4. The maximum atomic E-state index is 13.6. The van der Waals surface area contributed by atoms with Crippen LogP contribution in [-0.4, -0.2) is 11.9 Å². The average Bonchev–Trinajstić information content (AvgIpc) is 3.50. The largest absolute Gasteiger partial charge is 0.426 e. The third kappa shape index (κ3) is 5.84. The molecule has 2 aliphatic rings. The second-order valence-electron chi connectivity index (χ2n) is 10.6. The van der Waals surface area contributed by atoms with E-state index in [1.807, 2.05) is 24.3 Å². The molecule has 4 heteroatoms. The van der Waals surface area contributed by atoms with Gasteiger partial charge in [-0.2, -0.15) is 0 Å². The maximum absolute atomic E-state index is 13.6. The quantitative estimate of drug-likeness (QED) is 0.172. The molecule has 37 heavy (non-hydrogen) atoms. The molecule has 0 aromatic heterocycles. The number of hydrogen-bond donors (Lipinski definition) is 0. The van der Waals surface area contributed by atoms with E-state index in [-0.39, 0.29) is 23.8 Å². The molecule has 4 nitrogen and oxygen atoms in total. The number of fused-ring (bicyclic) bond motifs is 2. The van der Waals surface area contributed by atoms with Gasteiger partial charge in [0.15, 0.2) is 0 Å². The summed E-state index contributed by atoms with van der Waals surface area (Å²) in [6.45, 7) is 8.61. The molecule has 1 fully saturated rings. The Kier molecular flexibility index (Phi) is 9.23. The highest BCUT2D eigenvalue weighted by Crippen LogP contribution is 2.49. The molecular formula is C33H42O4. The van der Waals surface area contributed by atoms with Gasteiger partial charge >= 0.3 is 11.9 Å². The van der Waals surface area contributed by atoms with Crippen molar-refractivity contribution in [1.29, 1.82) is 0 Å². The second-order valence-corrected chi connectivity index (χ2v) is 10.6. The molecule has 2 aromatic rings. The Balaban J connectivity index is 1.57. The number of carbonyl (C=O) groups excluding carboxylic acids is 2. The Hall–Kier alpha value is -2.88. The van der Waals surface area contributed by atoms with E-state index >= 15 is 0 Å². The van der Waals surface area contributed by atoms with Gasteiger partial charge in [0.1, 0.15) is 11.5 Å². The Labute approximate surface area is 222 Å². The number of esters is 2. The number of allylic oxidation sites excluding steroid dienone is 2. The minimum Gasteiger partial charge on any atom is -0.426 e. The lowest BCUT2D eigenvalue weighted by atomic mass is 9.83. The van der Waals surface area contributed by atoms with Gasteiger partial charge in [0, 0.05) is 0 Å². The summed E-state index contributed by atoms with van der Waals surface area (Å²) in [5.41, 5.74) is 4.73. The van der Waals surface area contributed by atoms with Crippen molar-refractivity contribution in [3.8, 4) is 11.5 Å². The number of aryl methyl sites for hydroxylation is 2. The molecule has 198 valence electrons. The van der Waals surface area contributed by atoms with Crippen LogP contribution in [0.4, 0.5) is 0 Å². The van der Waals surface area contributed by atoms with Gasteiger partial charge in [-0.05, 0) is 78.3 Å². The van der Waals surface area contributed by atoms with Crippen molar-refractivity contribution in [2.45, 2.75) is 85.5 Å². The monoisotopic (exact) mass is 502 g/mol. The highest BCUT2D eigenvalue weighted by Gasteiger charge is 2.53. The van der Waals surface area contributed by atoms with Crippen molar-refractivity contribution < 1.29 is 19.1 Å². The molecule has 4 atom stereocenters. The summed E-state index contributed by atoms with van der Waals surface area (Å²) < 4.78 is 12.2. The smallest absolute Gasteiger partial charge is 0.315 e. The van der Waals surface area contributed by atoms with Gasteiger partial charge in [-0.1, -0.05) is 89.8 Å². The van der Waals surface area contributed by atoms with Gasteiger partial charge < -0.3 is 9.47 Å². The van der Waals surface area contributed by atoms with Crippen molar-refractivity contribution in [1.82, 2.24) is 0 Å². The third-order valence-electron chi connectivity index (χ3n) is 7.92. The SMILES string of the molecule is CCCc1cccc(OC(=O)C2C3C=CC(C3)C2C(=O)Oc2cccc(CCC)c2CCC)c1CCC. The first-order chi connectivity index (χ1) is 18.0. The number of hydrogen-bond acceptors (Lipinski definition) is 4. The molecule has 4 rings (SSSR count). The van der Waals surface area contributed by atoms with Crippen molar-refractivity contribution in [3.63, 3.8) is 0 Å². The van der Waals surface area contributed by atoms with Crippen molar-refractivity contribution in [2.75, 3.05) is 0 Å². The lowest BCUT2D eigenvalue weighted by molar-refractivity contribution is -0.151. The molecule has 0 N–H and O–H groups in total. The van der Waals surface area contributed by atoms with E-state index in [0.717, 1.165) is 68.9 Å². The van der Waals surface area contributed by atoms with Gasteiger partial charge in [0.05, 0.1) is 11.8 Å². The summed E-state index contributed by atoms with van der Waals surface area (Å²) in [4.78, 5) is 27.3. The average molecular weight is 503 g/mol. The standard InChI is InChI=1S/C33H42O4/c1-5-11-22-15-9-17-28(26(22)13-7-3)36-32(34)30-24-19-20-25(21-24)31(30)33(35)37-29-18-10-16-23(12-6-2)27(29)14-8-4/h9-10,15-20,24-25,30-31H,5-8,11-14,21H2,1-4H3. The highest BCUT2D eigenvalue weighted by molar-refractivity contribution is 5.87. The van der Waals surface area contributed by atoms with Crippen LogP contribution >= 0.6 is 0 Å². The van der Waals surface area contributed by atoms with Crippen LogP contribution in [0.25, 0.3) is 0 Å². The number of benzene rings is 2. The predicted molar refractivity (Wildman–Crippen MR) is 148 cm³/mol. The van der Waals surface area contributed by atoms with Crippen LogP contribution < -0.4 is 9.47 Å². The zero-order valence-corrected chi connectivity index (χ0v) is 22.9. The topological polar surface area (TPSA) is 52.6 Å². The number of carbonyl (C=O) groups is 2. The Morgan fingerprint density at radius 1 is 0.649 bits per heavy atom. The minimum atomic E-state index is -0.514. The summed E-state index contributed by atoms with van der Waals surface area (Å²) in [6, 6.07) is 12.0. The van der Waals surface area contributed by atoms with Gasteiger partial charge in [-0.3, -0.25) is 9.59 Å². The van der Waals surface area contributed by atoms with Crippen LogP contribution in [0, 0.1) is 23.7 Å². The fourth-order valence-electron chi connectivity index (χ4n) is 6.31. The highest BCUT2D eigenvalue weighted by atomic mass is 16.5. The van der Waals surface area contributed by atoms with Gasteiger partial charge in [-0.25, -0.2) is 0 Å². The molecule has 0 spiro atoms. The van der Waals surface area contributed by atoms with Gasteiger partial charge in [-0.15, -0.1) is 0 Å². The lowest BCUT2D eigenvalue weighted by Gasteiger charge is -2.26. The lowest BCUT2D eigenvalue weighted by Crippen LogP contribution is -2.37. The van der Waals surface area contributed by atoms with E-state index in [1.165, 1.54) is 11.1 Å². The van der Waals surface area contributed by atoms with Crippen LogP contribution in [0.3, 0.4) is 0 Å². The first-order valence-electron chi connectivity index (χ1n) is 14.3. The number of ether oxygens (including phenoxy) is 2. The summed E-state index contributed by atoms with van der Waals surface area (Å²) in [5.74, 6) is -0.310. The zero-order valence-electron chi connectivity index (χ0n) is 22.9. The Morgan fingerprint density at radius 2 is 1.05 bits per heavy atom. The third-order valence-corrected chi connectivity index (χ3v) is 7.92. The molecule has 0 heterocycles. The van der Waals surface area contributed by atoms with Crippen molar-refractivity contribution in [3.05, 3.63) is 70.8 Å². The van der Waals surface area contributed by atoms with Crippen molar-refractivity contribution in [2.24, 2.45) is 23.7 Å². The molecule has 2 bridgehead atoms. The molecule has 0 amide bonds. The molecule has 1 saturated carbocycles. The van der Waals surface area contributed by atoms with Crippen LogP contribution in [0.2, 0.25) is 0 Å². The van der Waals surface area contributed by atoms with E-state index in [2.05, 4.69) is 52.0 Å². The maximum Gasteiger partial charge on any atom is 0.315 e. The summed E-state index contributed by atoms with van der Waals surface area (Å²) in [6.07, 6.45) is 12.7. The molecule has 0 aliphatic heterocycles. The molecule has 2 aliphatic carbocycles. The first kappa shape index (κ1) is 27.2. The van der Waals surface area contributed by atoms with Crippen molar-refractivity contribution >= 4 is 11.9 Å². The summed E-state index contributed by atoms with van der Waals surface area (Å²) >= 11 is 0. The van der Waals surface area contributed by atoms with E-state index < -0.39 is 11.8 Å². The number of rotatable bonds is 12. The minimum absolute atomic E-state index is 0.0186. The van der Waals surface area contributed by atoms with Gasteiger partial charge in [0.2, 0.25) is 0 Å². The first-order valence-corrected chi connectivity index (χ1v) is 14.3. The van der Waals surface area contributed by atoms with E-state index in [9.17, 15) is 9.59 Å². The van der Waals surface area contributed by atoms with E-state index in [1.54, 1.807) is 0 Å². The summed E-state index contributed by atoms with van der Waals surface area (Å²) in [7, 11) is 0. The molecule has 2 aromatic carbocycles. The second kappa shape index (κ2) is 12.6.